The van der Waals surface area contributed by atoms with Crippen LogP contribution in [0.5, 0.6) is 11.5 Å². The molecule has 2 bridgehead atoms. The number of nitriles is 1. The van der Waals surface area contributed by atoms with Gasteiger partial charge in [-0.1, -0.05) is 42.5 Å². The van der Waals surface area contributed by atoms with Gasteiger partial charge in [0.1, 0.15) is 17.2 Å². The summed E-state index contributed by atoms with van der Waals surface area (Å²) in [5.74, 6) is 1.29. The van der Waals surface area contributed by atoms with Crippen molar-refractivity contribution in [3.05, 3.63) is 30.0 Å². The first-order chi connectivity index (χ1) is 17.8. The minimum absolute atomic E-state index is 0.0471. The van der Waals surface area contributed by atoms with E-state index >= 15 is 0 Å². The second kappa shape index (κ2) is 7.25. The van der Waals surface area contributed by atoms with Gasteiger partial charge in [0.15, 0.2) is 11.5 Å². The minimum atomic E-state index is -0.850. The Hall–Kier alpha value is -2.32. The van der Waals surface area contributed by atoms with E-state index in [4.69, 9.17) is 9.47 Å². The minimum Gasteiger partial charge on any atom is -0.480 e. The van der Waals surface area contributed by atoms with Gasteiger partial charge in [-0.3, -0.25) is 14.5 Å². The molecule has 0 unspecified atom stereocenters. The van der Waals surface area contributed by atoms with Gasteiger partial charge in [-0.2, -0.15) is 5.26 Å². The summed E-state index contributed by atoms with van der Waals surface area (Å²) in [4.78, 5) is 32.6. The van der Waals surface area contributed by atoms with E-state index in [1.165, 1.54) is 0 Å². The lowest BCUT2D eigenvalue weighted by Crippen LogP contribution is -2.82. The van der Waals surface area contributed by atoms with Gasteiger partial charge in [0.25, 0.3) is 0 Å². The van der Waals surface area contributed by atoms with Gasteiger partial charge < -0.3 is 19.7 Å². The van der Waals surface area contributed by atoms with E-state index in [9.17, 15) is 14.9 Å². The topological polar surface area (TPSA) is 94.9 Å². The molecule has 0 radical (unpaired) electrons. The van der Waals surface area contributed by atoms with Gasteiger partial charge >= 0.3 is 0 Å². The third-order valence-corrected chi connectivity index (χ3v) is 12.3. The van der Waals surface area contributed by atoms with Crippen LogP contribution in [0.25, 0.3) is 0 Å². The summed E-state index contributed by atoms with van der Waals surface area (Å²) in [6.07, 6.45) is 6.28. The Kier molecular flexibility index (Phi) is 4.71. The number of hydrogen-bond acceptors (Lipinski definition) is 6. The lowest BCUT2D eigenvalue weighted by atomic mass is 9.56. The molecule has 2 amide bonds. The number of halogens is 1. The third-order valence-electron chi connectivity index (χ3n) is 11.0. The van der Waals surface area contributed by atoms with E-state index < -0.39 is 27.5 Å². The third kappa shape index (κ3) is 2.60. The second-order valence-electron chi connectivity index (χ2n) is 13.2. The van der Waals surface area contributed by atoms with Crippen LogP contribution in [-0.4, -0.2) is 61.9 Å². The van der Waals surface area contributed by atoms with Crippen LogP contribution in [0.1, 0.15) is 58.9 Å². The highest BCUT2D eigenvalue weighted by Gasteiger charge is 2.79. The number of ether oxygens (including phenoxy) is 2. The number of alkyl halides is 1. The lowest BCUT2D eigenvalue weighted by Gasteiger charge is -2.68. The van der Waals surface area contributed by atoms with E-state index in [1.54, 1.807) is 6.26 Å². The zero-order chi connectivity index (χ0) is 27.0. The number of nitrogens with one attached hydrogen (secondary N) is 1. The highest BCUT2D eigenvalue weighted by Crippen LogP contribution is 2.72. The predicted octanol–water partition coefficient (Wildman–Crippen LogP) is 4.13. The molecule has 3 spiro atoms. The smallest absolute Gasteiger partial charge is 0.243 e. The molecule has 6 heterocycles. The molecule has 0 aromatic heterocycles. The number of piperazine rings is 1. The number of carbonyl (C=O) groups is 2. The molecule has 4 saturated heterocycles. The molecule has 6 atom stereocenters. The van der Waals surface area contributed by atoms with Gasteiger partial charge in [-0.15, -0.1) is 0 Å². The van der Waals surface area contributed by atoms with Crippen LogP contribution in [0, 0.1) is 22.7 Å². The standard InChI is InChI=1S/C29H33IN4O4/c1-25(2)10-11-37-22-19(38-25)7-6-16-21(22)32-23(35)29(16)14-28-15-34-18(13-31)17(30)8-9-27(34,24(36)33(28)5)12-20(28)26(29,3)4/h6-7,10-11,17-18,20H,8-9,12,14-15H2,1-5H3,(H,32,35)/t17-,18+,20-,27-,28+,29+/m0/s1. The summed E-state index contributed by atoms with van der Waals surface area (Å²) in [6.45, 7) is 8.96. The zero-order valence-corrected chi connectivity index (χ0v) is 24.6. The highest BCUT2D eigenvalue weighted by atomic mass is 127. The van der Waals surface area contributed by atoms with Crippen molar-refractivity contribution < 1.29 is 19.1 Å². The summed E-state index contributed by atoms with van der Waals surface area (Å²) >= 11 is 2.38. The average Bonchev–Trinajstić information content (AvgIpc) is 3.17. The molecule has 200 valence electrons. The van der Waals surface area contributed by atoms with Crippen molar-refractivity contribution in [2.45, 2.75) is 85.4 Å². The number of anilines is 1. The van der Waals surface area contributed by atoms with Crippen molar-refractivity contribution in [1.82, 2.24) is 9.80 Å². The number of piperidine rings is 3. The highest BCUT2D eigenvalue weighted by molar-refractivity contribution is 14.1. The summed E-state index contributed by atoms with van der Waals surface area (Å²) in [5.41, 5.74) is -1.48. The van der Waals surface area contributed by atoms with Crippen LogP contribution in [0.4, 0.5) is 5.69 Å². The van der Waals surface area contributed by atoms with Crippen molar-refractivity contribution in [2.24, 2.45) is 11.3 Å². The SMILES string of the molecule is CN1C(=O)[C@@]23CC[C@H](I)[C@@H](C#N)N2C[C@@]12C[C@@]1(C(=O)Nc4c1ccc1c4OC=CC(C)(C)O1)C(C)(C)[C@@H]2C3. The van der Waals surface area contributed by atoms with Gasteiger partial charge in [0.05, 0.1) is 29.0 Å². The molecular formula is C29H33IN4O4. The van der Waals surface area contributed by atoms with Crippen LogP contribution in [-0.2, 0) is 15.0 Å². The van der Waals surface area contributed by atoms with Crippen LogP contribution >= 0.6 is 22.6 Å². The molecular weight excluding hydrogens is 595 g/mol. The van der Waals surface area contributed by atoms with Gasteiger partial charge in [-0.05, 0) is 68.6 Å². The summed E-state index contributed by atoms with van der Waals surface area (Å²) < 4.78 is 12.5. The van der Waals surface area contributed by atoms with Crippen molar-refractivity contribution in [3.63, 3.8) is 0 Å². The Morgan fingerprint density at radius 1 is 1.21 bits per heavy atom. The van der Waals surface area contributed by atoms with Crippen LogP contribution in [0.15, 0.2) is 24.5 Å². The predicted molar refractivity (Wildman–Crippen MR) is 149 cm³/mol. The fourth-order valence-corrected chi connectivity index (χ4v) is 9.91. The number of nitrogens with zero attached hydrogens (tertiary/aromatic N) is 3. The first-order valence-corrected chi connectivity index (χ1v) is 14.7. The molecule has 8 nitrogen and oxygen atoms in total. The van der Waals surface area contributed by atoms with E-state index in [2.05, 4.69) is 52.7 Å². The number of hydrogen-bond donors (Lipinski definition) is 1. The van der Waals surface area contributed by atoms with Gasteiger partial charge in [-0.25, -0.2) is 0 Å². The number of benzene rings is 1. The first kappa shape index (κ1) is 24.7. The quantitative estimate of drug-likeness (QED) is 0.343. The number of likely N-dealkylation sites (N-methyl/N-ethyl adjacent to an activating group) is 1. The second-order valence-corrected chi connectivity index (χ2v) is 14.8. The molecule has 8 rings (SSSR count). The van der Waals surface area contributed by atoms with Crippen LogP contribution in [0.2, 0.25) is 0 Å². The molecule has 5 fully saturated rings. The van der Waals surface area contributed by atoms with E-state index in [-0.39, 0.29) is 27.7 Å². The molecule has 1 N–H and O–H groups in total. The summed E-state index contributed by atoms with van der Waals surface area (Å²) in [7, 11) is 1.93. The van der Waals surface area contributed by atoms with Crippen molar-refractivity contribution in [3.8, 4) is 17.6 Å². The van der Waals surface area contributed by atoms with Crippen LogP contribution < -0.4 is 14.8 Å². The molecule has 9 heteroatoms. The maximum absolute atomic E-state index is 14.3. The van der Waals surface area contributed by atoms with Crippen molar-refractivity contribution >= 4 is 40.1 Å². The zero-order valence-electron chi connectivity index (χ0n) is 22.4. The molecule has 1 aromatic carbocycles. The average molecular weight is 629 g/mol. The largest absolute Gasteiger partial charge is 0.480 e. The summed E-state index contributed by atoms with van der Waals surface area (Å²) in [6, 6.07) is 6.16. The molecule has 38 heavy (non-hydrogen) atoms. The summed E-state index contributed by atoms with van der Waals surface area (Å²) in [5, 5.41) is 13.4. The Morgan fingerprint density at radius 2 is 1.97 bits per heavy atom. The number of carbonyl (C=O) groups excluding carboxylic acids is 2. The van der Waals surface area contributed by atoms with Crippen LogP contribution in [0.3, 0.4) is 0 Å². The van der Waals surface area contributed by atoms with Gasteiger partial charge in [0.2, 0.25) is 11.8 Å². The number of amides is 2. The molecule has 1 aliphatic carbocycles. The fourth-order valence-electron chi connectivity index (χ4n) is 9.05. The van der Waals surface area contributed by atoms with Crippen molar-refractivity contribution in [1.29, 1.82) is 5.26 Å². The normalized spacial score (nSPS) is 41.3. The lowest BCUT2D eigenvalue weighted by molar-refractivity contribution is -0.199. The van der Waals surface area contributed by atoms with E-state index in [1.807, 2.05) is 44.0 Å². The van der Waals surface area contributed by atoms with Crippen molar-refractivity contribution in [2.75, 3.05) is 18.9 Å². The Balaban J connectivity index is 1.40. The number of fused-ring (bicyclic) bond motifs is 5. The first-order valence-electron chi connectivity index (χ1n) is 13.5. The molecule has 1 saturated carbocycles. The fraction of sp³-hybridized carbons (Fsp3) is 0.621. The molecule has 1 aromatic rings. The maximum Gasteiger partial charge on any atom is 0.243 e. The van der Waals surface area contributed by atoms with E-state index in [0.29, 0.717) is 36.6 Å². The van der Waals surface area contributed by atoms with Gasteiger partial charge in [0, 0.05) is 17.5 Å². The molecule has 6 aliphatic heterocycles. The molecule has 7 aliphatic rings. The van der Waals surface area contributed by atoms with E-state index in [0.717, 1.165) is 18.4 Å². The number of rotatable bonds is 0. The maximum atomic E-state index is 14.3. The Morgan fingerprint density at radius 3 is 2.71 bits per heavy atom. The monoisotopic (exact) mass is 628 g/mol. The Bertz CT molecular complexity index is 1380. The Labute approximate surface area is 236 Å².